The van der Waals surface area contributed by atoms with Crippen molar-refractivity contribution in [2.24, 2.45) is 0 Å². The molecule has 1 amide bonds. The molecule has 0 aromatic rings. The van der Waals surface area contributed by atoms with Gasteiger partial charge in [-0.3, -0.25) is 9.59 Å². The molecule has 0 radical (unpaired) electrons. The van der Waals surface area contributed by atoms with Crippen molar-refractivity contribution in [3.8, 4) is 0 Å². The van der Waals surface area contributed by atoms with E-state index in [4.69, 9.17) is 10.2 Å². The summed E-state index contributed by atoms with van der Waals surface area (Å²) in [7, 11) is 0. The molecule has 0 rings (SSSR count). The Morgan fingerprint density at radius 2 is 1.17 bits per heavy atom. The quantitative estimate of drug-likeness (QED) is 0.164. The number of ketones is 1. The monoisotopic (exact) mass is 427 g/mol. The third-order valence-electron chi connectivity index (χ3n) is 5.47. The van der Waals surface area contributed by atoms with Gasteiger partial charge in [0.25, 0.3) is 0 Å². The van der Waals surface area contributed by atoms with E-state index < -0.39 is 17.9 Å². The maximum Gasteiger partial charge on any atom is 0.326 e. The summed E-state index contributed by atoms with van der Waals surface area (Å²) in [5.41, 5.74) is 0. The van der Waals surface area contributed by atoms with Gasteiger partial charge in [-0.15, -0.1) is 0 Å². The number of Topliss-reactive ketones (excluding diaryl/α,β-unsaturated/α-hetero) is 1. The third kappa shape index (κ3) is 18.6. The first-order valence-corrected chi connectivity index (χ1v) is 12.2. The summed E-state index contributed by atoms with van der Waals surface area (Å²) in [6, 6.07) is -1.14. The average Bonchev–Trinajstić information content (AvgIpc) is 2.70. The molecule has 30 heavy (non-hydrogen) atoms. The Hall–Kier alpha value is -1.43. The Kier molecular flexibility index (Phi) is 19.8. The van der Waals surface area contributed by atoms with Crippen LogP contribution in [0.5, 0.6) is 0 Å². The second-order valence-corrected chi connectivity index (χ2v) is 8.39. The Balaban J connectivity index is 3.46. The van der Waals surface area contributed by atoms with E-state index in [0.29, 0.717) is 6.42 Å². The topological polar surface area (TPSA) is 104 Å². The van der Waals surface area contributed by atoms with Crippen LogP contribution in [-0.2, 0) is 14.4 Å². The van der Waals surface area contributed by atoms with Crippen LogP contribution in [0.15, 0.2) is 0 Å². The molecule has 6 heteroatoms. The molecule has 0 spiro atoms. The molecule has 1 atom stereocenters. The smallest absolute Gasteiger partial charge is 0.326 e. The largest absolute Gasteiger partial charge is 0.480 e. The van der Waals surface area contributed by atoms with Crippen LogP contribution in [0.1, 0.15) is 122 Å². The summed E-state index contributed by atoms with van der Waals surface area (Å²) < 4.78 is 0. The van der Waals surface area contributed by atoms with Crippen molar-refractivity contribution in [1.82, 2.24) is 5.32 Å². The van der Waals surface area contributed by atoms with Crippen LogP contribution in [0.25, 0.3) is 0 Å². The molecule has 0 aromatic carbocycles. The molecule has 0 fully saturated rings. The number of nitrogens with one attached hydrogen (secondary N) is 1. The fraction of sp³-hybridized carbons (Fsp3) is 0.875. The molecule has 0 aromatic heterocycles. The Morgan fingerprint density at radius 3 is 1.57 bits per heavy atom. The fourth-order valence-electron chi connectivity index (χ4n) is 3.59. The molecule has 0 aliphatic rings. The number of aliphatic hydroxyl groups is 1. The van der Waals surface area contributed by atoms with Crippen molar-refractivity contribution in [2.45, 2.75) is 129 Å². The summed E-state index contributed by atoms with van der Waals surface area (Å²) in [5.74, 6) is -1.94. The molecule has 0 aliphatic carbocycles. The number of aliphatic carboxylic acids is 1. The highest BCUT2D eigenvalue weighted by Gasteiger charge is 2.20. The summed E-state index contributed by atoms with van der Waals surface area (Å²) in [6.45, 7) is 1.92. The van der Waals surface area contributed by atoms with Gasteiger partial charge in [0.1, 0.15) is 11.8 Å². The van der Waals surface area contributed by atoms with Gasteiger partial charge in [-0.1, -0.05) is 96.8 Å². The number of hydrogen-bond acceptors (Lipinski definition) is 4. The predicted molar refractivity (Wildman–Crippen MR) is 120 cm³/mol. The van der Waals surface area contributed by atoms with Crippen LogP contribution in [0.2, 0.25) is 0 Å². The van der Waals surface area contributed by atoms with Crippen molar-refractivity contribution in [2.75, 3.05) is 6.61 Å². The van der Waals surface area contributed by atoms with Crippen molar-refractivity contribution in [3.05, 3.63) is 0 Å². The van der Waals surface area contributed by atoms with Gasteiger partial charge in [0, 0.05) is 19.4 Å². The summed E-state index contributed by atoms with van der Waals surface area (Å²) in [4.78, 5) is 34.5. The molecule has 0 saturated carbocycles. The van der Waals surface area contributed by atoms with E-state index >= 15 is 0 Å². The van der Waals surface area contributed by atoms with Crippen molar-refractivity contribution < 1.29 is 24.6 Å². The number of hydrogen-bond donors (Lipinski definition) is 3. The lowest BCUT2D eigenvalue weighted by Gasteiger charge is -2.12. The van der Waals surface area contributed by atoms with E-state index in [1.807, 2.05) is 0 Å². The molecule has 176 valence electrons. The summed E-state index contributed by atoms with van der Waals surface area (Å²) in [6.07, 6.45) is 19.0. The number of carbonyl (C=O) groups excluding carboxylic acids is 2. The van der Waals surface area contributed by atoms with Crippen LogP contribution in [-0.4, -0.2) is 40.5 Å². The first-order valence-electron chi connectivity index (χ1n) is 12.2. The van der Waals surface area contributed by atoms with E-state index in [-0.39, 0.29) is 25.2 Å². The first-order chi connectivity index (χ1) is 14.5. The van der Waals surface area contributed by atoms with Gasteiger partial charge < -0.3 is 15.5 Å². The van der Waals surface area contributed by atoms with E-state index in [0.717, 1.165) is 19.3 Å². The molecule has 0 aliphatic heterocycles. The fourth-order valence-corrected chi connectivity index (χ4v) is 3.59. The highest BCUT2D eigenvalue weighted by Crippen LogP contribution is 2.14. The molecule has 0 unspecified atom stereocenters. The zero-order chi connectivity index (χ0) is 22.5. The lowest BCUT2D eigenvalue weighted by Crippen LogP contribution is -2.42. The van der Waals surface area contributed by atoms with E-state index in [9.17, 15) is 14.4 Å². The summed E-state index contributed by atoms with van der Waals surface area (Å²) in [5, 5.41) is 20.0. The zero-order valence-electron chi connectivity index (χ0n) is 19.1. The lowest BCUT2D eigenvalue weighted by molar-refractivity contribution is -0.143. The van der Waals surface area contributed by atoms with Gasteiger partial charge in [-0.2, -0.15) is 0 Å². The summed E-state index contributed by atoms with van der Waals surface area (Å²) >= 11 is 0. The number of unbranched alkanes of at least 4 members (excludes halogenated alkanes) is 14. The second-order valence-electron chi connectivity index (χ2n) is 8.39. The van der Waals surface area contributed by atoms with Gasteiger partial charge in [0.15, 0.2) is 0 Å². The van der Waals surface area contributed by atoms with E-state index in [1.54, 1.807) is 0 Å². The maximum absolute atomic E-state index is 11.8. The Bertz CT molecular complexity index is 453. The van der Waals surface area contributed by atoms with Crippen molar-refractivity contribution in [1.29, 1.82) is 0 Å². The van der Waals surface area contributed by atoms with Crippen molar-refractivity contribution in [3.63, 3.8) is 0 Å². The number of rotatable bonds is 22. The minimum atomic E-state index is -1.20. The molecule has 0 saturated heterocycles. The Morgan fingerprint density at radius 1 is 0.733 bits per heavy atom. The highest BCUT2D eigenvalue weighted by molar-refractivity contribution is 5.99. The van der Waals surface area contributed by atoms with Gasteiger partial charge >= 0.3 is 5.97 Å². The van der Waals surface area contributed by atoms with E-state index in [1.165, 1.54) is 77.0 Å². The second kappa shape index (κ2) is 20.8. The minimum Gasteiger partial charge on any atom is -0.480 e. The van der Waals surface area contributed by atoms with Crippen LogP contribution in [0, 0.1) is 0 Å². The van der Waals surface area contributed by atoms with E-state index in [2.05, 4.69) is 12.2 Å². The normalized spacial score (nSPS) is 11.9. The highest BCUT2D eigenvalue weighted by atomic mass is 16.4. The average molecular weight is 428 g/mol. The molecular weight excluding hydrogens is 382 g/mol. The van der Waals surface area contributed by atoms with Crippen LogP contribution in [0.4, 0.5) is 0 Å². The Labute approximate surface area is 183 Å². The third-order valence-corrected chi connectivity index (χ3v) is 5.47. The molecule has 0 heterocycles. The maximum atomic E-state index is 11.8. The first kappa shape index (κ1) is 28.6. The van der Waals surface area contributed by atoms with Crippen LogP contribution in [0.3, 0.4) is 0 Å². The van der Waals surface area contributed by atoms with Crippen molar-refractivity contribution >= 4 is 17.7 Å². The standard InChI is InChI=1S/C24H45NO5/c1-2-3-4-5-6-7-8-9-10-11-12-13-14-15-16-17-21(27)20-23(28)25-22(18-19-26)24(29)30/h22,26H,2-20H2,1H3,(H,25,28)(H,29,30)/t22-/m0/s1. The molecule has 0 bridgehead atoms. The van der Waals surface area contributed by atoms with Crippen LogP contribution < -0.4 is 5.32 Å². The molecular formula is C24H45NO5. The number of carboxylic acid groups (broad SMARTS) is 1. The van der Waals surface area contributed by atoms with Crippen LogP contribution >= 0.6 is 0 Å². The SMILES string of the molecule is CCCCCCCCCCCCCCCCCC(=O)CC(=O)N[C@@H](CCO)C(=O)O. The van der Waals surface area contributed by atoms with Gasteiger partial charge in [0.2, 0.25) is 5.91 Å². The van der Waals surface area contributed by atoms with Gasteiger partial charge in [0.05, 0.1) is 6.42 Å². The number of amides is 1. The number of aliphatic hydroxyl groups excluding tert-OH is 1. The number of carbonyl (C=O) groups is 3. The van der Waals surface area contributed by atoms with Gasteiger partial charge in [-0.25, -0.2) is 4.79 Å². The minimum absolute atomic E-state index is 0.0612. The molecule has 3 N–H and O–H groups in total. The number of carboxylic acids is 1. The van der Waals surface area contributed by atoms with Gasteiger partial charge in [-0.05, 0) is 6.42 Å². The lowest BCUT2D eigenvalue weighted by atomic mass is 10.0. The predicted octanol–water partition coefficient (Wildman–Crippen LogP) is 5.16. The molecule has 6 nitrogen and oxygen atoms in total. The zero-order valence-corrected chi connectivity index (χ0v) is 19.1.